The van der Waals surface area contributed by atoms with Crippen molar-refractivity contribution in [1.29, 1.82) is 0 Å². The summed E-state index contributed by atoms with van der Waals surface area (Å²) in [6.07, 6.45) is 6.98. The number of fused-ring (bicyclic) bond motifs is 1. The molecule has 2 aliphatic rings. The Morgan fingerprint density at radius 2 is 1.80 bits per heavy atom. The fraction of sp³-hybridized carbons (Fsp3) is 0.480. The van der Waals surface area contributed by atoms with E-state index in [1.54, 1.807) is 0 Å². The van der Waals surface area contributed by atoms with Crippen LogP contribution >= 0.6 is 0 Å². The monoisotopic (exact) mass is 406 g/mol. The Kier molecular flexibility index (Phi) is 6.46. The molecular formula is C25H34N4O. The number of benzene rings is 2. The van der Waals surface area contributed by atoms with Crippen molar-refractivity contribution in [3.05, 3.63) is 59.7 Å². The van der Waals surface area contributed by atoms with Gasteiger partial charge in [-0.2, -0.15) is 0 Å². The molecule has 1 fully saturated rings. The minimum absolute atomic E-state index is 0.0377. The van der Waals surface area contributed by atoms with E-state index in [1.807, 2.05) is 0 Å². The summed E-state index contributed by atoms with van der Waals surface area (Å²) in [6.45, 7) is 1.57. The number of carbonyl (C=O) groups is 1. The van der Waals surface area contributed by atoms with E-state index in [-0.39, 0.29) is 12.1 Å². The first-order valence-electron chi connectivity index (χ1n) is 11.3. The van der Waals surface area contributed by atoms with Crippen LogP contribution in [0.15, 0.2) is 48.5 Å². The van der Waals surface area contributed by atoms with Gasteiger partial charge in [-0.25, -0.2) is 4.79 Å². The molecule has 30 heavy (non-hydrogen) atoms. The zero-order valence-electron chi connectivity index (χ0n) is 18.2. The average Bonchev–Trinajstić information content (AvgIpc) is 3.19. The largest absolute Gasteiger partial charge is 0.378 e. The first kappa shape index (κ1) is 20.6. The molecule has 1 aliphatic heterocycles. The van der Waals surface area contributed by atoms with Crippen molar-refractivity contribution in [2.75, 3.05) is 37.0 Å². The predicted molar refractivity (Wildman–Crippen MR) is 124 cm³/mol. The van der Waals surface area contributed by atoms with E-state index in [2.05, 4.69) is 83.1 Å². The Hall–Kier alpha value is -2.69. The second kappa shape index (κ2) is 9.41. The van der Waals surface area contributed by atoms with Gasteiger partial charge in [0.2, 0.25) is 0 Å². The van der Waals surface area contributed by atoms with Crippen LogP contribution in [0.1, 0.15) is 49.3 Å². The minimum Gasteiger partial charge on any atom is -0.378 e. The van der Waals surface area contributed by atoms with E-state index < -0.39 is 0 Å². The smallest absolute Gasteiger partial charge is 0.315 e. The number of para-hydroxylation sites is 1. The number of urea groups is 1. The van der Waals surface area contributed by atoms with Crippen molar-refractivity contribution in [2.24, 2.45) is 0 Å². The summed E-state index contributed by atoms with van der Waals surface area (Å²) in [6, 6.07) is 17.7. The van der Waals surface area contributed by atoms with Crippen LogP contribution in [0, 0.1) is 0 Å². The van der Waals surface area contributed by atoms with Gasteiger partial charge < -0.3 is 20.4 Å². The fourth-order valence-corrected chi connectivity index (χ4v) is 4.76. The van der Waals surface area contributed by atoms with Crippen LogP contribution in [0.4, 0.5) is 16.2 Å². The SMILES string of the molecule is CN(C)c1ccc(C(CNC(=O)NC2CCCCC2)N2CCc3ccccc32)cc1. The lowest BCUT2D eigenvalue weighted by Crippen LogP contribution is -2.46. The van der Waals surface area contributed by atoms with Gasteiger partial charge in [0.05, 0.1) is 6.04 Å². The molecule has 5 nitrogen and oxygen atoms in total. The summed E-state index contributed by atoms with van der Waals surface area (Å²) in [7, 11) is 4.11. The first-order valence-corrected chi connectivity index (χ1v) is 11.3. The Morgan fingerprint density at radius 3 is 2.53 bits per heavy atom. The van der Waals surface area contributed by atoms with Crippen LogP contribution in [0.2, 0.25) is 0 Å². The molecule has 1 atom stereocenters. The van der Waals surface area contributed by atoms with Crippen LogP contribution in [-0.2, 0) is 6.42 Å². The number of anilines is 2. The van der Waals surface area contributed by atoms with E-state index >= 15 is 0 Å². The van der Waals surface area contributed by atoms with Gasteiger partial charge in [-0.1, -0.05) is 49.6 Å². The maximum absolute atomic E-state index is 12.6. The predicted octanol–water partition coefficient (Wildman–Crippen LogP) is 4.49. The quantitative estimate of drug-likeness (QED) is 0.743. The summed E-state index contributed by atoms with van der Waals surface area (Å²) in [5, 5.41) is 6.36. The molecule has 2 N–H and O–H groups in total. The zero-order chi connectivity index (χ0) is 20.9. The van der Waals surface area contributed by atoms with E-state index in [9.17, 15) is 4.79 Å². The lowest BCUT2D eigenvalue weighted by molar-refractivity contribution is 0.232. The number of rotatable bonds is 6. The number of amides is 2. The van der Waals surface area contributed by atoms with Gasteiger partial charge in [-0.15, -0.1) is 0 Å². The number of nitrogens with zero attached hydrogens (tertiary/aromatic N) is 2. The molecule has 1 heterocycles. The Bertz CT molecular complexity index is 842. The molecule has 160 valence electrons. The van der Waals surface area contributed by atoms with E-state index in [0.717, 1.165) is 25.8 Å². The summed E-state index contributed by atoms with van der Waals surface area (Å²) >= 11 is 0. The van der Waals surface area contributed by atoms with E-state index in [0.29, 0.717) is 12.6 Å². The highest BCUT2D eigenvalue weighted by atomic mass is 16.2. The molecule has 0 saturated heterocycles. The number of carbonyl (C=O) groups excluding carboxylic acids is 1. The summed E-state index contributed by atoms with van der Waals surface area (Å²) < 4.78 is 0. The molecule has 5 heteroatoms. The van der Waals surface area contributed by atoms with Gasteiger partial charge >= 0.3 is 6.03 Å². The second-order valence-corrected chi connectivity index (χ2v) is 8.76. The zero-order valence-corrected chi connectivity index (χ0v) is 18.2. The van der Waals surface area contributed by atoms with Crippen molar-refractivity contribution in [1.82, 2.24) is 10.6 Å². The molecule has 1 saturated carbocycles. The van der Waals surface area contributed by atoms with Crippen molar-refractivity contribution >= 4 is 17.4 Å². The van der Waals surface area contributed by atoms with Crippen molar-refractivity contribution < 1.29 is 4.79 Å². The van der Waals surface area contributed by atoms with Crippen LogP contribution in [0.25, 0.3) is 0 Å². The van der Waals surface area contributed by atoms with Crippen LogP contribution in [-0.4, -0.2) is 39.3 Å². The van der Waals surface area contributed by atoms with Gasteiger partial charge in [0.15, 0.2) is 0 Å². The molecule has 1 aliphatic carbocycles. The molecular weight excluding hydrogens is 372 g/mol. The van der Waals surface area contributed by atoms with E-state index in [1.165, 1.54) is 41.8 Å². The molecule has 2 aromatic rings. The van der Waals surface area contributed by atoms with E-state index in [4.69, 9.17) is 0 Å². The van der Waals surface area contributed by atoms with Gasteiger partial charge in [-0.05, 0) is 48.6 Å². The third-order valence-electron chi connectivity index (χ3n) is 6.49. The van der Waals surface area contributed by atoms with Gasteiger partial charge in [0.1, 0.15) is 0 Å². The maximum atomic E-state index is 12.6. The summed E-state index contributed by atoms with van der Waals surface area (Å²) in [5.74, 6) is 0. The van der Waals surface area contributed by atoms with Crippen molar-refractivity contribution in [3.8, 4) is 0 Å². The summed E-state index contributed by atoms with van der Waals surface area (Å²) in [4.78, 5) is 17.2. The molecule has 0 bridgehead atoms. The average molecular weight is 407 g/mol. The molecule has 2 amide bonds. The minimum atomic E-state index is -0.0377. The maximum Gasteiger partial charge on any atom is 0.315 e. The molecule has 0 radical (unpaired) electrons. The third kappa shape index (κ3) is 4.72. The fourth-order valence-electron chi connectivity index (χ4n) is 4.76. The highest BCUT2D eigenvalue weighted by Gasteiger charge is 2.27. The number of hydrogen-bond acceptors (Lipinski definition) is 3. The Labute approximate surface area is 180 Å². The van der Waals surface area contributed by atoms with Gasteiger partial charge in [0, 0.05) is 44.6 Å². The van der Waals surface area contributed by atoms with Crippen LogP contribution in [0.3, 0.4) is 0 Å². The van der Waals surface area contributed by atoms with Gasteiger partial charge in [0.25, 0.3) is 0 Å². The molecule has 0 spiro atoms. The lowest BCUT2D eigenvalue weighted by Gasteiger charge is -2.32. The topological polar surface area (TPSA) is 47.6 Å². The standard InChI is InChI=1S/C25H34N4O/c1-28(2)22-14-12-20(13-15-22)24(29-17-16-19-8-6-7-11-23(19)29)18-26-25(30)27-21-9-4-3-5-10-21/h6-8,11-15,21,24H,3-5,9-10,16-18H2,1-2H3,(H2,26,27,30). The molecule has 1 unspecified atom stereocenters. The van der Waals surface area contributed by atoms with Crippen molar-refractivity contribution in [2.45, 2.75) is 50.6 Å². The third-order valence-corrected chi connectivity index (χ3v) is 6.49. The van der Waals surface area contributed by atoms with Crippen LogP contribution < -0.4 is 20.4 Å². The molecule has 4 rings (SSSR count). The first-order chi connectivity index (χ1) is 14.6. The highest BCUT2D eigenvalue weighted by molar-refractivity contribution is 5.74. The van der Waals surface area contributed by atoms with Crippen molar-refractivity contribution in [3.63, 3.8) is 0 Å². The highest BCUT2D eigenvalue weighted by Crippen LogP contribution is 2.35. The van der Waals surface area contributed by atoms with Crippen LogP contribution in [0.5, 0.6) is 0 Å². The molecule has 2 aromatic carbocycles. The second-order valence-electron chi connectivity index (χ2n) is 8.76. The number of hydrogen-bond donors (Lipinski definition) is 2. The van der Waals surface area contributed by atoms with Gasteiger partial charge in [-0.3, -0.25) is 0 Å². The normalized spacial score (nSPS) is 17.3. The number of nitrogens with one attached hydrogen (secondary N) is 2. The Morgan fingerprint density at radius 1 is 1.07 bits per heavy atom. The summed E-state index contributed by atoms with van der Waals surface area (Å²) in [5.41, 5.74) is 5.09. The Balaban J connectivity index is 1.49. The lowest BCUT2D eigenvalue weighted by atomic mass is 9.96. The molecule has 0 aromatic heterocycles.